The van der Waals surface area contributed by atoms with E-state index in [4.69, 9.17) is 10.5 Å². The summed E-state index contributed by atoms with van der Waals surface area (Å²) < 4.78 is 5.11. The van der Waals surface area contributed by atoms with E-state index in [0.717, 1.165) is 39.2 Å². The molecule has 2 N–H and O–H groups in total. The van der Waals surface area contributed by atoms with E-state index in [1.165, 1.54) is 0 Å². The highest BCUT2D eigenvalue weighted by Crippen LogP contribution is 2.12. The molecule has 0 bridgehead atoms. The number of methoxy groups -OCH3 is 1. The minimum atomic E-state index is -0.349. The number of carbonyl (C=O) groups excluding carboxylic acids is 1. The first-order valence-corrected chi connectivity index (χ1v) is 7.23. The molecule has 0 spiro atoms. The Hall–Kier alpha value is -0.0700. The Labute approximate surface area is 141 Å². The van der Waals surface area contributed by atoms with Gasteiger partial charge in [0.2, 0.25) is 5.91 Å². The van der Waals surface area contributed by atoms with Crippen molar-refractivity contribution in [2.24, 2.45) is 11.7 Å². The van der Waals surface area contributed by atoms with Gasteiger partial charge in [-0.05, 0) is 19.3 Å². The van der Waals surface area contributed by atoms with Gasteiger partial charge < -0.3 is 15.4 Å². The lowest BCUT2D eigenvalue weighted by molar-refractivity contribution is -0.136. The number of hydrogen-bond acceptors (Lipinski definition) is 4. The van der Waals surface area contributed by atoms with Crippen molar-refractivity contribution in [1.82, 2.24) is 9.80 Å². The van der Waals surface area contributed by atoms with Gasteiger partial charge in [-0.2, -0.15) is 0 Å². The van der Waals surface area contributed by atoms with E-state index in [2.05, 4.69) is 25.7 Å². The Balaban J connectivity index is 0. The van der Waals surface area contributed by atoms with Crippen molar-refractivity contribution in [3.63, 3.8) is 0 Å². The van der Waals surface area contributed by atoms with Crippen LogP contribution >= 0.6 is 24.8 Å². The molecule has 2 atom stereocenters. The molecule has 1 unspecified atom stereocenters. The molecule has 1 aliphatic rings. The standard InChI is InChI=1S/C14H29N3O2.2ClH/c1-11(2)9-13(15)14(18)17-6-5-16(7-8-19-4)12(3)10-17;;/h11-13H,5-10,15H2,1-4H3;2*1H/t12?,13-;;/m0../s1. The largest absolute Gasteiger partial charge is 0.383 e. The molecule has 0 aromatic heterocycles. The summed E-state index contributed by atoms with van der Waals surface area (Å²) in [4.78, 5) is 16.5. The number of carbonyl (C=O) groups is 1. The number of hydrogen-bond donors (Lipinski definition) is 1. The first-order valence-electron chi connectivity index (χ1n) is 7.23. The van der Waals surface area contributed by atoms with E-state index in [1.807, 2.05) is 4.90 Å². The molecule has 1 aliphatic heterocycles. The second-order valence-electron chi connectivity index (χ2n) is 5.90. The maximum atomic E-state index is 12.3. The van der Waals surface area contributed by atoms with Gasteiger partial charge >= 0.3 is 0 Å². The topological polar surface area (TPSA) is 58.8 Å². The fraction of sp³-hybridized carbons (Fsp3) is 0.929. The zero-order valence-electron chi connectivity index (χ0n) is 13.6. The lowest BCUT2D eigenvalue weighted by Gasteiger charge is -2.40. The Morgan fingerprint density at radius 1 is 1.33 bits per heavy atom. The highest BCUT2D eigenvalue weighted by atomic mass is 35.5. The maximum Gasteiger partial charge on any atom is 0.239 e. The normalized spacial score (nSPS) is 20.7. The molecule has 7 heteroatoms. The van der Waals surface area contributed by atoms with Crippen molar-refractivity contribution < 1.29 is 9.53 Å². The zero-order chi connectivity index (χ0) is 14.4. The third-order valence-electron chi connectivity index (χ3n) is 3.70. The van der Waals surface area contributed by atoms with Gasteiger partial charge in [0.1, 0.15) is 0 Å². The highest BCUT2D eigenvalue weighted by Gasteiger charge is 2.29. The van der Waals surface area contributed by atoms with E-state index in [9.17, 15) is 4.79 Å². The van der Waals surface area contributed by atoms with Crippen LogP contribution in [0.5, 0.6) is 0 Å². The third-order valence-corrected chi connectivity index (χ3v) is 3.70. The molecule has 0 radical (unpaired) electrons. The molecular weight excluding hydrogens is 313 g/mol. The highest BCUT2D eigenvalue weighted by molar-refractivity contribution is 5.85. The van der Waals surface area contributed by atoms with Gasteiger partial charge in [0.05, 0.1) is 12.6 Å². The molecule has 5 nitrogen and oxygen atoms in total. The Bertz CT molecular complexity index is 293. The monoisotopic (exact) mass is 343 g/mol. The van der Waals surface area contributed by atoms with Crippen LogP contribution in [0, 0.1) is 5.92 Å². The fourth-order valence-corrected chi connectivity index (χ4v) is 2.58. The summed E-state index contributed by atoms with van der Waals surface area (Å²) in [6.45, 7) is 10.5. The summed E-state index contributed by atoms with van der Waals surface area (Å²) >= 11 is 0. The molecule has 0 aromatic carbocycles. The van der Waals surface area contributed by atoms with Gasteiger partial charge in [-0.15, -0.1) is 24.8 Å². The number of ether oxygens (including phenoxy) is 1. The Morgan fingerprint density at radius 2 is 1.95 bits per heavy atom. The molecular formula is C14H31Cl2N3O2. The van der Waals surface area contributed by atoms with Crippen molar-refractivity contribution in [1.29, 1.82) is 0 Å². The second-order valence-corrected chi connectivity index (χ2v) is 5.90. The van der Waals surface area contributed by atoms with E-state index in [1.54, 1.807) is 7.11 Å². The Kier molecular flexibility index (Phi) is 12.7. The van der Waals surface area contributed by atoms with Crippen molar-refractivity contribution in [3.8, 4) is 0 Å². The molecule has 1 amide bonds. The van der Waals surface area contributed by atoms with Crippen molar-refractivity contribution in [2.75, 3.05) is 39.9 Å². The van der Waals surface area contributed by atoms with Crippen LogP contribution in [0.15, 0.2) is 0 Å². The summed E-state index contributed by atoms with van der Waals surface area (Å²) in [5, 5.41) is 0. The predicted octanol–water partition coefficient (Wildman–Crippen LogP) is 1.38. The number of rotatable bonds is 6. The smallest absolute Gasteiger partial charge is 0.239 e. The van der Waals surface area contributed by atoms with Gasteiger partial charge in [-0.1, -0.05) is 13.8 Å². The lowest BCUT2D eigenvalue weighted by atomic mass is 10.0. The average Bonchev–Trinajstić information content (AvgIpc) is 2.35. The minimum absolute atomic E-state index is 0. The summed E-state index contributed by atoms with van der Waals surface area (Å²) in [6, 6.07) is 0.0248. The molecule has 0 aromatic rings. The fourth-order valence-electron chi connectivity index (χ4n) is 2.58. The summed E-state index contributed by atoms with van der Waals surface area (Å²) in [6.07, 6.45) is 0.761. The number of halogens is 2. The molecule has 1 heterocycles. The molecule has 1 rings (SSSR count). The van der Waals surface area contributed by atoms with E-state index < -0.39 is 0 Å². The number of piperazine rings is 1. The molecule has 21 heavy (non-hydrogen) atoms. The van der Waals surface area contributed by atoms with Crippen LogP contribution in [0.25, 0.3) is 0 Å². The lowest BCUT2D eigenvalue weighted by Crippen LogP contribution is -2.57. The van der Waals surface area contributed by atoms with Crippen LogP contribution in [-0.4, -0.2) is 67.7 Å². The van der Waals surface area contributed by atoms with Gasteiger partial charge in [0.15, 0.2) is 0 Å². The number of nitrogens with two attached hydrogens (primary N) is 1. The third kappa shape index (κ3) is 7.66. The summed E-state index contributed by atoms with van der Waals surface area (Å²) in [5.74, 6) is 0.561. The predicted molar refractivity (Wildman–Crippen MR) is 91.4 cm³/mol. The quantitative estimate of drug-likeness (QED) is 0.791. The van der Waals surface area contributed by atoms with Crippen LogP contribution < -0.4 is 5.73 Å². The van der Waals surface area contributed by atoms with Gasteiger partial charge in [0.25, 0.3) is 0 Å². The van der Waals surface area contributed by atoms with Crippen LogP contribution in [0.2, 0.25) is 0 Å². The average molecular weight is 344 g/mol. The minimum Gasteiger partial charge on any atom is -0.383 e. The first kappa shape index (κ1) is 23.2. The van der Waals surface area contributed by atoms with Crippen LogP contribution in [0.3, 0.4) is 0 Å². The van der Waals surface area contributed by atoms with Gasteiger partial charge in [-0.3, -0.25) is 9.69 Å². The second kappa shape index (κ2) is 11.5. The first-order chi connectivity index (χ1) is 8.95. The van der Waals surface area contributed by atoms with Crippen LogP contribution in [0.4, 0.5) is 0 Å². The van der Waals surface area contributed by atoms with Gasteiger partial charge in [-0.25, -0.2) is 0 Å². The zero-order valence-corrected chi connectivity index (χ0v) is 15.2. The summed E-state index contributed by atoms with van der Waals surface area (Å²) in [7, 11) is 1.72. The number of amides is 1. The maximum absolute atomic E-state index is 12.3. The van der Waals surface area contributed by atoms with E-state index in [-0.39, 0.29) is 36.8 Å². The van der Waals surface area contributed by atoms with Gasteiger partial charge in [0, 0.05) is 39.3 Å². The Morgan fingerprint density at radius 3 is 2.43 bits per heavy atom. The number of nitrogens with zero attached hydrogens (tertiary/aromatic N) is 2. The van der Waals surface area contributed by atoms with Crippen LogP contribution in [-0.2, 0) is 9.53 Å². The van der Waals surface area contributed by atoms with Crippen molar-refractivity contribution in [2.45, 2.75) is 39.3 Å². The van der Waals surface area contributed by atoms with Crippen molar-refractivity contribution >= 4 is 30.7 Å². The molecule has 128 valence electrons. The molecule has 1 saturated heterocycles. The SMILES string of the molecule is COCCN1CCN(C(=O)[C@@H](N)CC(C)C)CC1C.Cl.Cl. The van der Waals surface area contributed by atoms with E-state index in [0.29, 0.717) is 12.0 Å². The molecule has 1 fully saturated rings. The van der Waals surface area contributed by atoms with Crippen LogP contribution in [0.1, 0.15) is 27.2 Å². The molecule has 0 saturated carbocycles. The molecule has 0 aliphatic carbocycles. The van der Waals surface area contributed by atoms with Crippen molar-refractivity contribution in [3.05, 3.63) is 0 Å². The van der Waals surface area contributed by atoms with E-state index >= 15 is 0 Å². The summed E-state index contributed by atoms with van der Waals surface area (Å²) in [5.41, 5.74) is 5.98.